The fourth-order valence-corrected chi connectivity index (χ4v) is 8.77. The van der Waals surface area contributed by atoms with E-state index in [0.29, 0.717) is 55.2 Å². The molecule has 1 heterocycles. The second-order valence-electron chi connectivity index (χ2n) is 16.9. The minimum atomic E-state index is -1.42. The molecule has 2 N–H and O–H groups in total. The third-order valence-electron chi connectivity index (χ3n) is 11.3. The summed E-state index contributed by atoms with van der Waals surface area (Å²) in [5.41, 5.74) is 2.90. The van der Waals surface area contributed by atoms with Gasteiger partial charge >= 0.3 is 6.09 Å². The van der Waals surface area contributed by atoms with Crippen molar-refractivity contribution in [1.82, 2.24) is 4.90 Å². The van der Waals surface area contributed by atoms with E-state index in [1.165, 1.54) is 12.1 Å². The Kier molecular flexibility index (Phi) is 16.1. The maximum atomic E-state index is 14.4. The number of nitro benzene ring substituents is 1. The van der Waals surface area contributed by atoms with Crippen LogP contribution in [0, 0.1) is 33.3 Å². The molecule has 1 fully saturated rings. The highest BCUT2D eigenvalue weighted by Crippen LogP contribution is 2.62. The van der Waals surface area contributed by atoms with Crippen LogP contribution in [0.5, 0.6) is 11.5 Å². The fraction of sp³-hybridized carbons (Fsp3) is 0.565. The average molecular weight is 818 g/mol. The summed E-state index contributed by atoms with van der Waals surface area (Å²) in [4.78, 5) is 33.1. The Hall–Kier alpha value is -4.72. The Morgan fingerprint density at radius 2 is 1.76 bits per heavy atom. The van der Waals surface area contributed by atoms with Crippen molar-refractivity contribution < 1.29 is 43.7 Å². The van der Waals surface area contributed by atoms with Gasteiger partial charge in [-0.3, -0.25) is 15.0 Å². The lowest BCUT2D eigenvalue weighted by atomic mass is 9.55. The maximum Gasteiger partial charge on any atom is 0.410 e. The predicted octanol–water partition coefficient (Wildman–Crippen LogP) is 8.89. The molecule has 2 aliphatic carbocycles. The Labute approximate surface area is 348 Å². The van der Waals surface area contributed by atoms with E-state index in [4.69, 9.17) is 28.9 Å². The fourth-order valence-electron chi connectivity index (χ4n) is 8.77. The van der Waals surface area contributed by atoms with E-state index in [-0.39, 0.29) is 68.3 Å². The van der Waals surface area contributed by atoms with Gasteiger partial charge in [0.05, 0.1) is 29.8 Å². The Balaban J connectivity index is 1.75. The zero-order valence-corrected chi connectivity index (χ0v) is 35.2. The van der Waals surface area contributed by atoms with E-state index in [2.05, 4.69) is 19.2 Å². The second-order valence-corrected chi connectivity index (χ2v) is 16.9. The van der Waals surface area contributed by atoms with E-state index in [9.17, 15) is 25.1 Å². The molecular formula is C46H63N3O10. The highest BCUT2D eigenvalue weighted by atomic mass is 16.7. The average Bonchev–Trinajstić information content (AvgIpc) is 3.22. The first kappa shape index (κ1) is 45.4. The molecule has 5 rings (SSSR count). The van der Waals surface area contributed by atoms with Crippen LogP contribution in [0.25, 0.3) is 0 Å². The van der Waals surface area contributed by atoms with Crippen molar-refractivity contribution in [3.8, 4) is 11.5 Å². The van der Waals surface area contributed by atoms with Crippen LogP contribution in [0.4, 0.5) is 10.5 Å². The van der Waals surface area contributed by atoms with Crippen LogP contribution in [0.2, 0.25) is 0 Å². The molecule has 1 saturated carbocycles. The molecule has 1 aliphatic heterocycles. The Morgan fingerprint density at radius 1 is 1.05 bits per heavy atom. The van der Waals surface area contributed by atoms with Crippen molar-refractivity contribution in [2.75, 3.05) is 39.6 Å². The van der Waals surface area contributed by atoms with Crippen molar-refractivity contribution in [2.24, 2.45) is 28.3 Å². The van der Waals surface area contributed by atoms with Crippen molar-refractivity contribution in [1.29, 1.82) is 0 Å². The number of nitrogens with zero attached hydrogens (tertiary/aromatic N) is 3. The summed E-state index contributed by atoms with van der Waals surface area (Å²) in [7, 11) is 0. The highest BCUT2D eigenvalue weighted by Gasteiger charge is 2.65. The summed E-state index contributed by atoms with van der Waals surface area (Å²) >= 11 is 0. The third-order valence-corrected chi connectivity index (χ3v) is 11.3. The monoisotopic (exact) mass is 817 g/mol. The molecule has 0 aromatic heterocycles. The van der Waals surface area contributed by atoms with Gasteiger partial charge in [-0.1, -0.05) is 70.5 Å². The number of oxime groups is 1. The van der Waals surface area contributed by atoms with E-state index < -0.39 is 28.8 Å². The maximum absolute atomic E-state index is 14.4. The van der Waals surface area contributed by atoms with Crippen LogP contribution in [0.15, 0.2) is 84.6 Å². The van der Waals surface area contributed by atoms with Crippen molar-refractivity contribution in [3.63, 3.8) is 0 Å². The van der Waals surface area contributed by atoms with E-state index in [0.717, 1.165) is 36.8 Å². The molecule has 3 aliphatic rings. The molecule has 0 bridgehead atoms. The quantitative estimate of drug-likeness (QED) is 0.0508. The number of ether oxygens (including phenoxy) is 4. The first-order valence-corrected chi connectivity index (χ1v) is 21.0. The van der Waals surface area contributed by atoms with Gasteiger partial charge in [0.2, 0.25) is 5.79 Å². The van der Waals surface area contributed by atoms with E-state index >= 15 is 0 Å². The van der Waals surface area contributed by atoms with Gasteiger partial charge in [-0.25, -0.2) is 4.79 Å². The number of carbonyl (C=O) groups is 1. The third kappa shape index (κ3) is 10.9. The zero-order chi connectivity index (χ0) is 42.6. The minimum absolute atomic E-state index is 0.0183. The smallest absolute Gasteiger partial charge is 0.410 e. The second kappa shape index (κ2) is 21.0. The number of nitro groups is 1. The van der Waals surface area contributed by atoms with Crippen LogP contribution in [0.1, 0.15) is 96.1 Å². The number of fused-ring (bicyclic) bond motifs is 2. The molecule has 2 aromatic carbocycles. The lowest BCUT2D eigenvalue weighted by molar-refractivity contribution is -0.384. The minimum Gasteiger partial charge on any atom is -0.490 e. The molecule has 322 valence electrons. The number of hydrogen-bond acceptors (Lipinski definition) is 11. The number of allylic oxidation sites excluding steroid dienone is 1. The molecule has 6 atom stereocenters. The topological polar surface area (TPSA) is 162 Å². The summed E-state index contributed by atoms with van der Waals surface area (Å²) in [6.07, 6.45) is 10.5. The number of amides is 1. The molecule has 13 nitrogen and oxygen atoms in total. The van der Waals surface area contributed by atoms with Gasteiger partial charge < -0.3 is 34.0 Å². The number of non-ortho nitro benzene ring substituents is 1. The SMILES string of the molecule is C=CCOc1ccc2c(c1)C1C(CCCCO)C(CCCCO)C=C3C(=NOCc4ccc([N+](=O)[O-])cc4)CC(N(CCC)C(=O)OCC(C)(C)C)C(OCC=C)(O2)C31. The van der Waals surface area contributed by atoms with Gasteiger partial charge in [0, 0.05) is 49.8 Å². The number of unbranched alkanes of at least 4 members (excludes halogenated alkanes) is 2. The molecule has 59 heavy (non-hydrogen) atoms. The zero-order valence-electron chi connectivity index (χ0n) is 35.2. The number of aliphatic hydroxyl groups excluding tert-OH is 2. The number of hydrogen-bond donors (Lipinski definition) is 2. The van der Waals surface area contributed by atoms with E-state index in [1.54, 1.807) is 29.2 Å². The number of aliphatic hydroxyl groups is 2. The summed E-state index contributed by atoms with van der Waals surface area (Å²) in [6.45, 7) is 17.1. The lowest BCUT2D eigenvalue weighted by Gasteiger charge is -2.60. The molecule has 1 amide bonds. The van der Waals surface area contributed by atoms with Crippen LogP contribution in [0.3, 0.4) is 0 Å². The van der Waals surface area contributed by atoms with Crippen LogP contribution in [-0.2, 0) is 20.9 Å². The van der Waals surface area contributed by atoms with Gasteiger partial charge in [-0.15, -0.1) is 6.58 Å². The summed E-state index contributed by atoms with van der Waals surface area (Å²) in [6, 6.07) is 11.3. The van der Waals surface area contributed by atoms with Gasteiger partial charge in [-0.05, 0) is 90.8 Å². The summed E-state index contributed by atoms with van der Waals surface area (Å²) < 4.78 is 26.4. The Bertz CT molecular complexity index is 1800. The lowest BCUT2D eigenvalue weighted by Crippen LogP contribution is -2.70. The van der Waals surface area contributed by atoms with Crippen molar-refractivity contribution in [2.45, 2.75) is 103 Å². The van der Waals surface area contributed by atoms with Crippen LogP contribution in [-0.4, -0.2) is 83.2 Å². The van der Waals surface area contributed by atoms with Gasteiger partial charge in [-0.2, -0.15) is 0 Å². The Morgan fingerprint density at radius 3 is 2.41 bits per heavy atom. The summed E-state index contributed by atoms with van der Waals surface area (Å²) in [5.74, 6) is -0.732. The first-order valence-electron chi connectivity index (χ1n) is 21.0. The molecule has 6 unspecified atom stereocenters. The van der Waals surface area contributed by atoms with Crippen LogP contribution >= 0.6 is 0 Å². The highest BCUT2D eigenvalue weighted by molar-refractivity contribution is 6.03. The summed E-state index contributed by atoms with van der Waals surface area (Å²) in [5, 5.41) is 35.9. The molecule has 2 aromatic rings. The van der Waals surface area contributed by atoms with Crippen LogP contribution < -0.4 is 9.47 Å². The van der Waals surface area contributed by atoms with Crippen molar-refractivity contribution in [3.05, 3.63) is 101 Å². The van der Waals surface area contributed by atoms with Gasteiger partial charge in [0.15, 0.2) is 0 Å². The largest absolute Gasteiger partial charge is 0.490 e. The molecule has 13 heteroatoms. The standard InChI is InChI=1S/C46H63N3O10/c1-7-22-48(44(52)56-31-45(4,5)6)41-29-39(47-58-30-32-16-18-34(19-17-32)49(53)54)37-27-33(14-10-12-23-50)36(15-11-13-24-51)42-38-28-35(55-25-8-2)20-21-40(38)59-46(41,43(37)42)57-26-9-3/h8-9,16-21,27-28,33,36,41-43,50-51H,2-3,7,10-15,22-26,29-31H2,1,4-6H3. The molecule has 0 radical (unpaired) electrons. The molecule has 0 spiro atoms. The first-order chi connectivity index (χ1) is 28.4. The van der Waals surface area contributed by atoms with E-state index in [1.807, 2.05) is 45.9 Å². The molecule has 0 saturated heterocycles. The molecular weight excluding hydrogens is 755 g/mol. The van der Waals surface area contributed by atoms with Crippen molar-refractivity contribution >= 4 is 17.5 Å². The van der Waals surface area contributed by atoms with Gasteiger partial charge in [0.25, 0.3) is 5.69 Å². The van der Waals surface area contributed by atoms with Gasteiger partial charge in [0.1, 0.15) is 30.8 Å². The number of benzene rings is 2. The number of carbonyl (C=O) groups excluding carboxylic acids is 1. The number of rotatable bonds is 22. The normalized spacial score (nSPS) is 23.9. The predicted molar refractivity (Wildman–Crippen MR) is 226 cm³/mol.